The SMILES string of the molecule is Fc1cccc(F)c1CC[C@H]1CCCN(Cc2cscn2)C1. The van der Waals surface area contributed by atoms with Crippen molar-refractivity contribution in [3.05, 3.63) is 52.0 Å². The van der Waals surface area contributed by atoms with Crippen LogP contribution in [0, 0.1) is 17.6 Å². The highest BCUT2D eigenvalue weighted by Gasteiger charge is 2.21. The predicted octanol–water partition coefficient (Wildman–Crippen LogP) is 4.27. The topological polar surface area (TPSA) is 16.1 Å². The van der Waals surface area contributed by atoms with Gasteiger partial charge in [-0.3, -0.25) is 4.90 Å². The average molecular weight is 322 g/mol. The van der Waals surface area contributed by atoms with Gasteiger partial charge in [-0.1, -0.05) is 6.07 Å². The maximum absolute atomic E-state index is 13.7. The highest BCUT2D eigenvalue weighted by molar-refractivity contribution is 7.07. The molecule has 0 aliphatic carbocycles. The van der Waals surface area contributed by atoms with E-state index < -0.39 is 11.6 Å². The average Bonchev–Trinajstić information content (AvgIpc) is 3.00. The summed E-state index contributed by atoms with van der Waals surface area (Å²) in [6, 6.07) is 4.10. The summed E-state index contributed by atoms with van der Waals surface area (Å²) in [4.78, 5) is 6.73. The lowest BCUT2D eigenvalue weighted by Gasteiger charge is -2.32. The van der Waals surface area contributed by atoms with Crippen molar-refractivity contribution >= 4 is 11.3 Å². The van der Waals surface area contributed by atoms with Gasteiger partial charge in [-0.2, -0.15) is 0 Å². The molecule has 22 heavy (non-hydrogen) atoms. The van der Waals surface area contributed by atoms with E-state index >= 15 is 0 Å². The van der Waals surface area contributed by atoms with Gasteiger partial charge in [0, 0.05) is 24.0 Å². The first kappa shape index (κ1) is 15.6. The minimum atomic E-state index is -0.421. The van der Waals surface area contributed by atoms with Gasteiger partial charge in [0.05, 0.1) is 11.2 Å². The summed E-state index contributed by atoms with van der Waals surface area (Å²) in [5, 5.41) is 2.08. The standard InChI is InChI=1S/C17H20F2N2S/c18-16-4-1-5-17(19)15(16)7-6-13-3-2-8-21(9-13)10-14-11-22-12-20-14/h1,4-5,11-13H,2-3,6-10H2/t13-/m1/s1. The Hall–Kier alpha value is -1.33. The van der Waals surface area contributed by atoms with Gasteiger partial charge in [0.1, 0.15) is 11.6 Å². The second kappa shape index (κ2) is 7.29. The third kappa shape index (κ3) is 3.90. The van der Waals surface area contributed by atoms with Crippen LogP contribution in [0.25, 0.3) is 0 Å². The highest BCUT2D eigenvalue weighted by Crippen LogP contribution is 2.24. The lowest BCUT2D eigenvalue weighted by atomic mass is 9.91. The number of piperidine rings is 1. The summed E-state index contributed by atoms with van der Waals surface area (Å²) in [6.45, 7) is 2.96. The fourth-order valence-electron chi connectivity index (χ4n) is 3.19. The second-order valence-electron chi connectivity index (χ2n) is 5.96. The second-order valence-corrected chi connectivity index (χ2v) is 6.68. The Bertz CT molecular complexity index is 580. The molecule has 2 aromatic rings. The van der Waals surface area contributed by atoms with Crippen LogP contribution in [0.2, 0.25) is 0 Å². The van der Waals surface area contributed by atoms with Crippen LogP contribution in [0.4, 0.5) is 8.78 Å². The number of hydrogen-bond acceptors (Lipinski definition) is 3. The van der Waals surface area contributed by atoms with Crippen molar-refractivity contribution in [1.29, 1.82) is 0 Å². The smallest absolute Gasteiger partial charge is 0.129 e. The van der Waals surface area contributed by atoms with Crippen LogP contribution >= 0.6 is 11.3 Å². The molecular weight excluding hydrogens is 302 g/mol. The van der Waals surface area contributed by atoms with E-state index in [1.54, 1.807) is 11.3 Å². The number of nitrogens with zero attached hydrogens (tertiary/aromatic N) is 2. The Labute approximate surface area is 133 Å². The Balaban J connectivity index is 1.54. The minimum absolute atomic E-state index is 0.235. The van der Waals surface area contributed by atoms with E-state index in [1.165, 1.54) is 18.2 Å². The van der Waals surface area contributed by atoms with Crippen molar-refractivity contribution < 1.29 is 8.78 Å². The molecule has 0 bridgehead atoms. The van der Waals surface area contributed by atoms with Gasteiger partial charge in [0.2, 0.25) is 0 Å². The number of thiazole rings is 1. The quantitative estimate of drug-likeness (QED) is 0.817. The van der Waals surface area contributed by atoms with Crippen molar-refractivity contribution in [2.75, 3.05) is 13.1 Å². The normalized spacial score (nSPS) is 19.5. The van der Waals surface area contributed by atoms with Crippen LogP contribution in [0.1, 0.15) is 30.5 Å². The van der Waals surface area contributed by atoms with E-state index in [-0.39, 0.29) is 5.56 Å². The van der Waals surface area contributed by atoms with E-state index in [4.69, 9.17) is 0 Å². The Morgan fingerprint density at radius 3 is 2.82 bits per heavy atom. The first-order valence-electron chi connectivity index (χ1n) is 7.74. The molecule has 0 spiro atoms. The molecule has 1 aliphatic heterocycles. The fraction of sp³-hybridized carbons (Fsp3) is 0.471. The molecule has 0 N–H and O–H groups in total. The molecule has 0 radical (unpaired) electrons. The van der Waals surface area contributed by atoms with Gasteiger partial charge in [-0.05, 0) is 50.3 Å². The monoisotopic (exact) mass is 322 g/mol. The van der Waals surface area contributed by atoms with E-state index in [0.29, 0.717) is 12.3 Å². The van der Waals surface area contributed by atoms with Gasteiger partial charge in [-0.25, -0.2) is 13.8 Å². The van der Waals surface area contributed by atoms with Gasteiger partial charge >= 0.3 is 0 Å². The predicted molar refractivity (Wildman–Crippen MR) is 84.8 cm³/mol. The number of hydrogen-bond donors (Lipinski definition) is 0. The van der Waals surface area contributed by atoms with Crippen LogP contribution in [0.3, 0.4) is 0 Å². The summed E-state index contributed by atoms with van der Waals surface area (Å²) in [6.07, 6.45) is 3.61. The van der Waals surface area contributed by atoms with Crippen molar-refractivity contribution in [1.82, 2.24) is 9.88 Å². The van der Waals surface area contributed by atoms with E-state index in [0.717, 1.165) is 44.6 Å². The molecule has 2 heterocycles. The lowest BCUT2D eigenvalue weighted by molar-refractivity contribution is 0.160. The fourth-order valence-corrected chi connectivity index (χ4v) is 3.74. The first-order valence-corrected chi connectivity index (χ1v) is 8.69. The van der Waals surface area contributed by atoms with Crippen LogP contribution in [-0.4, -0.2) is 23.0 Å². The molecule has 1 aliphatic rings. The maximum atomic E-state index is 13.7. The van der Waals surface area contributed by atoms with Gasteiger partial charge in [0.25, 0.3) is 0 Å². The third-order valence-corrected chi connectivity index (χ3v) is 4.97. The molecule has 2 nitrogen and oxygen atoms in total. The molecule has 1 atom stereocenters. The van der Waals surface area contributed by atoms with Crippen molar-refractivity contribution in [3.8, 4) is 0 Å². The van der Waals surface area contributed by atoms with E-state index in [1.807, 2.05) is 5.51 Å². The number of halogens is 2. The zero-order chi connectivity index (χ0) is 15.4. The lowest BCUT2D eigenvalue weighted by Crippen LogP contribution is -2.35. The molecular formula is C17H20F2N2S. The first-order chi connectivity index (χ1) is 10.7. The number of rotatable bonds is 5. The molecule has 3 rings (SSSR count). The Morgan fingerprint density at radius 1 is 1.27 bits per heavy atom. The third-order valence-electron chi connectivity index (χ3n) is 4.34. The molecule has 0 amide bonds. The van der Waals surface area contributed by atoms with Gasteiger partial charge < -0.3 is 0 Å². The largest absolute Gasteiger partial charge is 0.297 e. The molecule has 5 heteroatoms. The Kier molecular flexibility index (Phi) is 5.16. The molecule has 1 fully saturated rings. The summed E-state index contributed by atoms with van der Waals surface area (Å²) in [5.41, 5.74) is 3.21. The van der Waals surface area contributed by atoms with Crippen molar-refractivity contribution in [2.45, 2.75) is 32.2 Å². The number of benzene rings is 1. The number of aromatic nitrogens is 1. The summed E-state index contributed by atoms with van der Waals surface area (Å²) in [5.74, 6) is -0.336. The van der Waals surface area contributed by atoms with E-state index in [2.05, 4.69) is 15.3 Å². The maximum Gasteiger partial charge on any atom is 0.129 e. The molecule has 1 saturated heterocycles. The van der Waals surface area contributed by atoms with Crippen LogP contribution in [-0.2, 0) is 13.0 Å². The highest BCUT2D eigenvalue weighted by atomic mass is 32.1. The Morgan fingerprint density at radius 2 is 2.09 bits per heavy atom. The number of likely N-dealkylation sites (tertiary alicyclic amines) is 1. The van der Waals surface area contributed by atoms with Crippen molar-refractivity contribution in [2.24, 2.45) is 5.92 Å². The van der Waals surface area contributed by atoms with Crippen LogP contribution in [0.15, 0.2) is 29.1 Å². The summed E-state index contributed by atoms with van der Waals surface area (Å²) >= 11 is 1.62. The van der Waals surface area contributed by atoms with Crippen LogP contribution in [0.5, 0.6) is 0 Å². The van der Waals surface area contributed by atoms with E-state index in [9.17, 15) is 8.78 Å². The molecule has 0 saturated carbocycles. The zero-order valence-corrected chi connectivity index (χ0v) is 13.3. The van der Waals surface area contributed by atoms with Crippen LogP contribution < -0.4 is 0 Å². The zero-order valence-electron chi connectivity index (χ0n) is 12.5. The van der Waals surface area contributed by atoms with Gasteiger partial charge in [-0.15, -0.1) is 11.3 Å². The molecule has 1 aromatic heterocycles. The molecule has 118 valence electrons. The van der Waals surface area contributed by atoms with Gasteiger partial charge in [0.15, 0.2) is 0 Å². The molecule has 0 unspecified atom stereocenters. The van der Waals surface area contributed by atoms with Crippen molar-refractivity contribution in [3.63, 3.8) is 0 Å². The molecule has 1 aromatic carbocycles. The summed E-state index contributed by atoms with van der Waals surface area (Å²) < 4.78 is 27.4. The minimum Gasteiger partial charge on any atom is -0.297 e. The summed E-state index contributed by atoms with van der Waals surface area (Å²) in [7, 11) is 0.